The van der Waals surface area contributed by atoms with Gasteiger partial charge in [0.25, 0.3) is 0 Å². The normalized spacial score (nSPS) is 14.8. The van der Waals surface area contributed by atoms with Gasteiger partial charge in [-0.15, -0.1) is 11.3 Å². The third-order valence-corrected chi connectivity index (χ3v) is 9.42. The summed E-state index contributed by atoms with van der Waals surface area (Å²) < 4.78 is 70.2. The first-order valence-corrected chi connectivity index (χ1v) is 16.2. The lowest BCUT2D eigenvalue weighted by Crippen LogP contribution is -2.38. The SMILES string of the molecule is CC(C)COC(=O)N1CCC(c2nc(-c3cccc(NS(=O)(=O)CCC(F)(F)F)c3Cl)c(-c3ccnc(Cl)n3)s2)CC1. The highest BCUT2D eigenvalue weighted by atomic mass is 35.5. The molecule has 1 fully saturated rings. The molecule has 0 atom stereocenters. The van der Waals surface area contributed by atoms with Crippen LogP contribution in [0.5, 0.6) is 0 Å². The number of anilines is 1. The number of aromatic nitrogens is 3. The smallest absolute Gasteiger partial charge is 0.409 e. The van der Waals surface area contributed by atoms with Crippen molar-refractivity contribution in [1.82, 2.24) is 19.9 Å². The summed E-state index contributed by atoms with van der Waals surface area (Å²) in [4.78, 5) is 27.8. The highest BCUT2D eigenvalue weighted by Crippen LogP contribution is 2.44. The van der Waals surface area contributed by atoms with E-state index in [0.717, 1.165) is 5.01 Å². The van der Waals surface area contributed by atoms with Crippen molar-refractivity contribution >= 4 is 56.3 Å². The van der Waals surface area contributed by atoms with Gasteiger partial charge in [-0.05, 0) is 42.5 Å². The van der Waals surface area contributed by atoms with E-state index < -0.39 is 28.4 Å². The quantitative estimate of drug-likeness (QED) is 0.240. The Labute approximate surface area is 255 Å². The molecule has 228 valence electrons. The molecule has 0 bridgehead atoms. The summed E-state index contributed by atoms with van der Waals surface area (Å²) in [5.41, 5.74) is 1.15. The van der Waals surface area contributed by atoms with Crippen LogP contribution in [0.4, 0.5) is 23.7 Å². The maximum atomic E-state index is 12.6. The van der Waals surface area contributed by atoms with Gasteiger partial charge in [0.15, 0.2) is 0 Å². The van der Waals surface area contributed by atoms with E-state index >= 15 is 0 Å². The van der Waals surface area contributed by atoms with Crippen molar-refractivity contribution < 1.29 is 31.1 Å². The summed E-state index contributed by atoms with van der Waals surface area (Å²) in [7, 11) is -4.34. The summed E-state index contributed by atoms with van der Waals surface area (Å²) in [6, 6.07) is 6.17. The zero-order valence-electron chi connectivity index (χ0n) is 22.6. The molecule has 0 unspecified atom stereocenters. The number of halogens is 5. The van der Waals surface area contributed by atoms with Crippen LogP contribution in [-0.2, 0) is 14.8 Å². The number of sulfonamides is 1. The molecule has 0 spiro atoms. The Morgan fingerprint density at radius 1 is 1.19 bits per heavy atom. The van der Waals surface area contributed by atoms with Crippen molar-refractivity contribution in [3.05, 3.63) is 45.8 Å². The molecule has 1 aliphatic rings. The van der Waals surface area contributed by atoms with Crippen molar-refractivity contribution in [3.63, 3.8) is 0 Å². The van der Waals surface area contributed by atoms with Gasteiger partial charge >= 0.3 is 12.3 Å². The molecule has 1 amide bonds. The van der Waals surface area contributed by atoms with E-state index in [9.17, 15) is 26.4 Å². The van der Waals surface area contributed by atoms with E-state index in [-0.39, 0.29) is 33.9 Å². The third kappa shape index (κ3) is 8.45. The van der Waals surface area contributed by atoms with Crippen LogP contribution in [0, 0.1) is 5.92 Å². The molecular weight excluding hydrogens is 638 g/mol. The molecule has 4 rings (SSSR count). The number of alkyl halides is 3. The zero-order valence-corrected chi connectivity index (χ0v) is 25.8. The molecule has 0 aliphatic carbocycles. The predicted octanol–water partition coefficient (Wildman–Crippen LogP) is 7.24. The van der Waals surface area contributed by atoms with Crippen LogP contribution < -0.4 is 4.72 Å². The Balaban J connectivity index is 1.64. The fraction of sp³-hybridized carbons (Fsp3) is 0.462. The summed E-state index contributed by atoms with van der Waals surface area (Å²) in [5, 5.41) is 0.741. The highest BCUT2D eigenvalue weighted by Gasteiger charge is 2.31. The maximum Gasteiger partial charge on any atom is 0.409 e. The molecule has 9 nitrogen and oxygen atoms in total. The first kappa shape index (κ1) is 32.2. The number of carbonyl (C=O) groups is 1. The number of benzene rings is 1. The summed E-state index contributed by atoms with van der Waals surface area (Å²) >= 11 is 14.1. The van der Waals surface area contributed by atoms with Crippen molar-refractivity contribution in [2.75, 3.05) is 30.2 Å². The number of likely N-dealkylation sites (tertiary alicyclic amines) is 1. The number of piperidine rings is 1. The van der Waals surface area contributed by atoms with E-state index in [2.05, 4.69) is 14.7 Å². The molecule has 1 saturated heterocycles. The van der Waals surface area contributed by atoms with Crippen LogP contribution in [-0.4, -0.2) is 66.0 Å². The minimum atomic E-state index is -4.63. The minimum Gasteiger partial charge on any atom is -0.449 e. The Morgan fingerprint density at radius 2 is 1.90 bits per heavy atom. The average Bonchev–Trinajstić information content (AvgIpc) is 3.37. The van der Waals surface area contributed by atoms with Crippen LogP contribution in [0.25, 0.3) is 21.8 Å². The molecule has 3 aromatic rings. The Bertz CT molecular complexity index is 1530. The number of carbonyl (C=O) groups excluding carboxylic acids is 1. The van der Waals surface area contributed by atoms with Crippen LogP contribution in [0.1, 0.15) is 44.0 Å². The number of nitrogens with zero attached hydrogens (tertiary/aromatic N) is 4. The van der Waals surface area contributed by atoms with Crippen molar-refractivity contribution in [2.24, 2.45) is 5.92 Å². The van der Waals surface area contributed by atoms with Crippen LogP contribution in [0.3, 0.4) is 0 Å². The summed E-state index contributed by atoms with van der Waals surface area (Å²) in [6.45, 7) is 5.25. The third-order valence-electron chi connectivity index (χ3n) is 6.32. The largest absolute Gasteiger partial charge is 0.449 e. The number of nitrogens with one attached hydrogen (secondary N) is 1. The van der Waals surface area contributed by atoms with Gasteiger partial charge in [0, 0.05) is 30.8 Å². The average molecular weight is 667 g/mol. The van der Waals surface area contributed by atoms with E-state index in [1.54, 1.807) is 17.0 Å². The molecule has 1 aromatic carbocycles. The van der Waals surface area contributed by atoms with Crippen LogP contribution in [0.2, 0.25) is 10.3 Å². The van der Waals surface area contributed by atoms with E-state index in [1.165, 1.54) is 29.7 Å². The molecule has 3 heterocycles. The molecular formula is C26H28Cl2F3N5O4S2. The van der Waals surface area contributed by atoms with Gasteiger partial charge in [0.2, 0.25) is 15.3 Å². The van der Waals surface area contributed by atoms with Gasteiger partial charge in [-0.25, -0.2) is 28.2 Å². The minimum absolute atomic E-state index is 0.0109. The van der Waals surface area contributed by atoms with Gasteiger partial charge in [-0.3, -0.25) is 4.72 Å². The van der Waals surface area contributed by atoms with Gasteiger partial charge in [0.05, 0.1) is 50.8 Å². The predicted molar refractivity (Wildman–Crippen MR) is 156 cm³/mol. The number of rotatable bonds is 9. The lowest BCUT2D eigenvalue weighted by molar-refractivity contribution is -0.129. The lowest BCUT2D eigenvalue weighted by atomic mass is 9.98. The van der Waals surface area contributed by atoms with E-state index in [0.29, 0.717) is 54.4 Å². The number of hydrogen-bond donors (Lipinski definition) is 1. The number of ether oxygens (including phenoxy) is 1. The van der Waals surface area contributed by atoms with Gasteiger partial charge in [0.1, 0.15) is 0 Å². The van der Waals surface area contributed by atoms with Crippen LogP contribution in [0.15, 0.2) is 30.5 Å². The molecule has 2 aromatic heterocycles. The van der Waals surface area contributed by atoms with E-state index in [1.807, 2.05) is 13.8 Å². The Kier molecular flexibility index (Phi) is 10.2. The standard InChI is InChI=1S/C26H28Cl2F3N5O4S2/c1-15(2)14-40-25(37)36-11-7-16(8-12-36)23-34-21(22(41-23)19-6-10-32-24(28)33-19)17-4-3-5-18(20(17)27)35-42(38,39)13-9-26(29,30)31/h3-6,10,15-16,35H,7-9,11-14H2,1-2H3. The number of hydrogen-bond acceptors (Lipinski definition) is 8. The van der Waals surface area contributed by atoms with Gasteiger partial charge < -0.3 is 9.64 Å². The fourth-order valence-corrected chi connectivity index (χ4v) is 7.02. The monoisotopic (exact) mass is 665 g/mol. The first-order chi connectivity index (χ1) is 19.7. The van der Waals surface area contributed by atoms with Crippen molar-refractivity contribution in [3.8, 4) is 21.8 Å². The number of amides is 1. The molecule has 1 N–H and O–H groups in total. The maximum absolute atomic E-state index is 12.6. The van der Waals surface area contributed by atoms with Gasteiger partial charge in [-0.2, -0.15) is 13.2 Å². The second-order valence-electron chi connectivity index (χ2n) is 10.1. The second kappa shape index (κ2) is 13.3. The Hall–Kier alpha value is -2.68. The molecule has 1 aliphatic heterocycles. The van der Waals surface area contributed by atoms with Gasteiger partial charge in [-0.1, -0.05) is 37.6 Å². The molecule has 0 radical (unpaired) electrons. The molecule has 16 heteroatoms. The highest BCUT2D eigenvalue weighted by molar-refractivity contribution is 7.92. The summed E-state index contributed by atoms with van der Waals surface area (Å²) in [6.07, 6.45) is -3.71. The first-order valence-electron chi connectivity index (χ1n) is 13.0. The topological polar surface area (TPSA) is 114 Å². The zero-order chi connectivity index (χ0) is 30.7. The second-order valence-corrected chi connectivity index (χ2v) is 13.7. The van der Waals surface area contributed by atoms with Crippen LogP contribution >= 0.6 is 34.5 Å². The molecule has 42 heavy (non-hydrogen) atoms. The van der Waals surface area contributed by atoms with E-state index in [4.69, 9.17) is 32.9 Å². The summed E-state index contributed by atoms with van der Waals surface area (Å²) in [5.74, 6) is -0.905. The fourth-order valence-electron chi connectivity index (χ4n) is 4.23. The Morgan fingerprint density at radius 3 is 2.55 bits per heavy atom. The van der Waals surface area contributed by atoms with Crippen molar-refractivity contribution in [2.45, 2.75) is 45.2 Å². The van der Waals surface area contributed by atoms with Crippen molar-refractivity contribution in [1.29, 1.82) is 0 Å². The lowest BCUT2D eigenvalue weighted by Gasteiger charge is -2.30. The molecule has 0 saturated carbocycles. The number of thiazole rings is 1.